The van der Waals surface area contributed by atoms with E-state index in [2.05, 4.69) is 28.7 Å². The van der Waals surface area contributed by atoms with Gasteiger partial charge in [0.1, 0.15) is 5.82 Å². The van der Waals surface area contributed by atoms with Gasteiger partial charge in [0, 0.05) is 50.1 Å². The Morgan fingerprint density at radius 2 is 1.94 bits per heavy atom. The fourth-order valence-electron chi connectivity index (χ4n) is 5.92. The Balaban J connectivity index is 1.55. The van der Waals surface area contributed by atoms with Crippen molar-refractivity contribution >= 4 is 22.7 Å². The minimum Gasteiger partial charge on any atom is -0.481 e. The molecule has 0 saturated heterocycles. The predicted molar refractivity (Wildman–Crippen MR) is 132 cm³/mol. The van der Waals surface area contributed by atoms with Gasteiger partial charge in [-0.15, -0.1) is 0 Å². The van der Waals surface area contributed by atoms with Crippen LogP contribution >= 0.6 is 0 Å². The molecule has 1 aliphatic heterocycles. The third-order valence-electron chi connectivity index (χ3n) is 7.81. The molecule has 1 aliphatic carbocycles. The van der Waals surface area contributed by atoms with Crippen LogP contribution in [-0.4, -0.2) is 55.1 Å². The van der Waals surface area contributed by atoms with E-state index < -0.39 is 12.4 Å². The van der Waals surface area contributed by atoms with Gasteiger partial charge in [0.05, 0.1) is 22.6 Å². The number of aliphatic hydroxyl groups excluding tert-OH is 1. The number of nitrogens with zero attached hydrogens (tertiary/aromatic N) is 5. The molecule has 0 radical (unpaired) electrons. The summed E-state index contributed by atoms with van der Waals surface area (Å²) in [5.74, 6) is 0.0842. The molecule has 1 saturated carbocycles. The maximum atomic E-state index is 11.5. The topological polar surface area (TPSA) is 106 Å². The van der Waals surface area contributed by atoms with Crippen LogP contribution in [0.4, 0.5) is 5.69 Å². The van der Waals surface area contributed by atoms with E-state index in [4.69, 9.17) is 9.72 Å². The minimum absolute atomic E-state index is 0.159. The fourth-order valence-corrected chi connectivity index (χ4v) is 5.92. The standard InChI is InChI=1S/C26H35N5O4/c1-16-4-10-20-21(30(16)26(34)35-3)11-12-22-24(20)27-23(13-7-18-14-15-29(2)28-18)31(22)19-8-5-17(6-9-19)25(32)33/h11-12,14-17,19,26,34H,4-10,13H2,1-3H3,(H,32,33)/t16-,17-,19-,26?/m0/s1. The lowest BCUT2D eigenvalue weighted by Crippen LogP contribution is -2.45. The summed E-state index contributed by atoms with van der Waals surface area (Å²) in [5.41, 5.74) is 5.24. The number of hydrogen-bond acceptors (Lipinski definition) is 6. The number of ether oxygens (including phenoxy) is 1. The number of rotatable bonds is 7. The van der Waals surface area contributed by atoms with Crippen LogP contribution in [-0.2, 0) is 35.8 Å². The van der Waals surface area contributed by atoms with Gasteiger partial charge in [0.15, 0.2) is 0 Å². The maximum absolute atomic E-state index is 11.5. The molecule has 5 rings (SSSR count). The quantitative estimate of drug-likeness (QED) is 0.498. The number of carboxylic acid groups (broad SMARTS) is 1. The second kappa shape index (κ2) is 9.62. The molecule has 35 heavy (non-hydrogen) atoms. The Kier molecular flexibility index (Phi) is 6.55. The van der Waals surface area contributed by atoms with Gasteiger partial charge in [-0.2, -0.15) is 5.10 Å². The molecule has 0 amide bonds. The highest BCUT2D eigenvalue weighted by molar-refractivity contribution is 5.86. The number of carboxylic acids is 1. The summed E-state index contributed by atoms with van der Waals surface area (Å²) >= 11 is 0. The molecule has 1 fully saturated rings. The highest BCUT2D eigenvalue weighted by Crippen LogP contribution is 2.40. The summed E-state index contributed by atoms with van der Waals surface area (Å²) in [6.07, 6.45) is 7.37. The number of aliphatic hydroxyl groups is 1. The molecule has 1 unspecified atom stereocenters. The van der Waals surface area contributed by atoms with E-state index in [0.29, 0.717) is 12.8 Å². The molecule has 3 heterocycles. The zero-order valence-electron chi connectivity index (χ0n) is 20.7. The van der Waals surface area contributed by atoms with Gasteiger partial charge in [-0.3, -0.25) is 9.48 Å². The summed E-state index contributed by atoms with van der Waals surface area (Å²) in [5, 5.41) is 24.5. The SMILES string of the molecule is COC(O)N1c2ccc3c(nc(CCc4ccn(C)n4)n3[C@H]3CC[C@H](C(=O)O)CC3)c2CC[C@@H]1C. The first-order chi connectivity index (χ1) is 16.9. The molecule has 3 aromatic rings. The van der Waals surface area contributed by atoms with Crippen molar-refractivity contribution in [1.82, 2.24) is 19.3 Å². The van der Waals surface area contributed by atoms with Crippen molar-refractivity contribution in [2.75, 3.05) is 12.0 Å². The fraction of sp³-hybridized carbons (Fsp3) is 0.577. The molecular weight excluding hydrogens is 446 g/mol. The van der Waals surface area contributed by atoms with Gasteiger partial charge >= 0.3 is 5.97 Å². The first kappa shape index (κ1) is 23.8. The van der Waals surface area contributed by atoms with Crippen LogP contribution in [0, 0.1) is 5.92 Å². The minimum atomic E-state index is -1.00. The van der Waals surface area contributed by atoms with Crippen LogP contribution in [0.15, 0.2) is 24.4 Å². The van der Waals surface area contributed by atoms with E-state index in [1.807, 2.05) is 28.9 Å². The van der Waals surface area contributed by atoms with Crippen LogP contribution in [0.5, 0.6) is 0 Å². The maximum Gasteiger partial charge on any atom is 0.306 e. The largest absolute Gasteiger partial charge is 0.481 e. The number of carbonyl (C=O) groups is 1. The monoisotopic (exact) mass is 481 g/mol. The molecule has 9 nitrogen and oxygen atoms in total. The third kappa shape index (κ3) is 4.43. The molecule has 2 aliphatic rings. The van der Waals surface area contributed by atoms with Crippen LogP contribution in [0.1, 0.15) is 62.2 Å². The number of benzene rings is 1. The van der Waals surface area contributed by atoms with Crippen LogP contribution in [0.3, 0.4) is 0 Å². The number of hydrogen-bond donors (Lipinski definition) is 2. The third-order valence-corrected chi connectivity index (χ3v) is 7.81. The molecular formula is C26H35N5O4. The summed E-state index contributed by atoms with van der Waals surface area (Å²) < 4.78 is 9.46. The zero-order chi connectivity index (χ0) is 24.7. The molecule has 1 aromatic carbocycles. The van der Waals surface area contributed by atoms with Gasteiger partial charge in [-0.05, 0) is 70.1 Å². The van der Waals surface area contributed by atoms with Crippen LogP contribution in [0.2, 0.25) is 0 Å². The first-order valence-electron chi connectivity index (χ1n) is 12.6. The smallest absolute Gasteiger partial charge is 0.306 e. The molecule has 2 N–H and O–H groups in total. The lowest BCUT2D eigenvalue weighted by molar-refractivity contribution is -0.143. The van der Waals surface area contributed by atoms with Gasteiger partial charge < -0.3 is 24.4 Å². The lowest BCUT2D eigenvalue weighted by atomic mass is 9.85. The highest BCUT2D eigenvalue weighted by atomic mass is 16.6. The van der Waals surface area contributed by atoms with Crippen molar-refractivity contribution in [2.24, 2.45) is 13.0 Å². The normalized spacial score (nSPS) is 23.4. The van der Waals surface area contributed by atoms with Crippen molar-refractivity contribution in [3.05, 3.63) is 41.5 Å². The lowest BCUT2D eigenvalue weighted by Gasteiger charge is -2.39. The summed E-state index contributed by atoms with van der Waals surface area (Å²) in [6, 6.07) is 6.63. The Morgan fingerprint density at radius 1 is 1.17 bits per heavy atom. The Hall–Kier alpha value is -2.91. The Bertz CT molecular complexity index is 1210. The van der Waals surface area contributed by atoms with E-state index in [-0.39, 0.29) is 18.0 Å². The van der Waals surface area contributed by atoms with E-state index >= 15 is 0 Å². The van der Waals surface area contributed by atoms with Crippen molar-refractivity contribution in [3.63, 3.8) is 0 Å². The van der Waals surface area contributed by atoms with E-state index in [1.54, 1.807) is 0 Å². The van der Waals surface area contributed by atoms with Crippen molar-refractivity contribution in [2.45, 2.75) is 76.8 Å². The Morgan fingerprint density at radius 3 is 2.60 bits per heavy atom. The summed E-state index contributed by atoms with van der Waals surface area (Å²) in [6.45, 7) is 2.10. The van der Waals surface area contributed by atoms with E-state index in [9.17, 15) is 15.0 Å². The summed E-state index contributed by atoms with van der Waals surface area (Å²) in [4.78, 5) is 18.6. The highest BCUT2D eigenvalue weighted by Gasteiger charge is 2.33. The second-order valence-corrected chi connectivity index (χ2v) is 10.0. The number of fused-ring (bicyclic) bond motifs is 3. The van der Waals surface area contributed by atoms with Crippen LogP contribution in [0.25, 0.3) is 11.0 Å². The number of aliphatic carboxylic acids is 1. The zero-order valence-corrected chi connectivity index (χ0v) is 20.7. The molecule has 0 bridgehead atoms. The molecule has 2 aromatic heterocycles. The van der Waals surface area contributed by atoms with Crippen molar-refractivity contribution in [3.8, 4) is 0 Å². The average molecular weight is 482 g/mol. The number of aromatic nitrogens is 4. The Labute approximate surface area is 205 Å². The second-order valence-electron chi connectivity index (χ2n) is 10.0. The van der Waals surface area contributed by atoms with Gasteiger partial charge in [0.25, 0.3) is 0 Å². The number of aryl methyl sites for hydroxylation is 4. The molecule has 0 spiro atoms. The van der Waals surface area contributed by atoms with Crippen molar-refractivity contribution < 1.29 is 19.7 Å². The van der Waals surface area contributed by atoms with E-state index in [0.717, 1.165) is 72.3 Å². The predicted octanol–water partition coefficient (Wildman–Crippen LogP) is 3.43. The van der Waals surface area contributed by atoms with Gasteiger partial charge in [-0.1, -0.05) is 0 Å². The number of anilines is 1. The summed E-state index contributed by atoms with van der Waals surface area (Å²) in [7, 11) is 3.44. The number of methoxy groups -OCH3 is 1. The van der Waals surface area contributed by atoms with Gasteiger partial charge in [-0.25, -0.2) is 4.98 Å². The van der Waals surface area contributed by atoms with Gasteiger partial charge in [0.2, 0.25) is 6.41 Å². The van der Waals surface area contributed by atoms with Crippen LogP contribution < -0.4 is 4.90 Å². The number of imidazole rings is 1. The molecule has 2 atom stereocenters. The van der Waals surface area contributed by atoms with Crippen molar-refractivity contribution in [1.29, 1.82) is 0 Å². The molecule has 9 heteroatoms. The average Bonchev–Trinajstić information content (AvgIpc) is 3.45. The first-order valence-corrected chi connectivity index (χ1v) is 12.6. The molecule has 188 valence electrons. The van der Waals surface area contributed by atoms with E-state index in [1.165, 1.54) is 7.11 Å².